The van der Waals surface area contributed by atoms with Crippen molar-refractivity contribution >= 4 is 17.5 Å². The largest absolute Gasteiger partial charge is 0.443 e. The number of carbonyl (C=O) groups excluding carboxylic acids is 1. The Bertz CT molecular complexity index is 858. The molecule has 0 aliphatic carbocycles. The van der Waals surface area contributed by atoms with Crippen molar-refractivity contribution in [2.24, 2.45) is 0 Å². The minimum atomic E-state index is -0.183. The van der Waals surface area contributed by atoms with E-state index < -0.39 is 0 Å². The maximum absolute atomic E-state index is 12.5. The van der Waals surface area contributed by atoms with Gasteiger partial charge in [-0.1, -0.05) is 23.7 Å². The second-order valence-corrected chi connectivity index (χ2v) is 6.43. The number of hydrogen-bond acceptors (Lipinski definition) is 5. The minimum Gasteiger partial charge on any atom is -0.443 e. The van der Waals surface area contributed by atoms with Crippen LogP contribution in [0.25, 0.3) is 0 Å². The van der Waals surface area contributed by atoms with Crippen molar-refractivity contribution in [1.82, 2.24) is 14.9 Å². The predicted molar refractivity (Wildman–Crippen MR) is 90.3 cm³/mol. The van der Waals surface area contributed by atoms with Crippen molar-refractivity contribution in [3.63, 3.8) is 0 Å². The van der Waals surface area contributed by atoms with Crippen LogP contribution in [-0.2, 0) is 6.42 Å². The van der Waals surface area contributed by atoms with E-state index in [1.54, 1.807) is 11.1 Å². The molecule has 1 aliphatic heterocycles. The Morgan fingerprint density at radius 2 is 2.12 bits per heavy atom. The molecule has 2 aromatic heterocycles. The van der Waals surface area contributed by atoms with Gasteiger partial charge in [0.1, 0.15) is 11.8 Å². The predicted octanol–water partition coefficient (Wildman–Crippen LogP) is 3.88. The first-order chi connectivity index (χ1) is 12.2. The van der Waals surface area contributed by atoms with E-state index in [0.717, 1.165) is 24.2 Å². The van der Waals surface area contributed by atoms with E-state index in [-0.39, 0.29) is 17.7 Å². The first kappa shape index (κ1) is 15.9. The van der Waals surface area contributed by atoms with Crippen LogP contribution in [0.3, 0.4) is 0 Å². The summed E-state index contributed by atoms with van der Waals surface area (Å²) in [5, 5.41) is 0.703. The van der Waals surface area contributed by atoms with Crippen LogP contribution in [0.4, 0.5) is 0 Å². The van der Waals surface area contributed by atoms with Crippen LogP contribution in [0.5, 0.6) is 0 Å². The van der Waals surface area contributed by atoms with Gasteiger partial charge in [-0.3, -0.25) is 4.79 Å². The number of hydrogen-bond donors (Lipinski definition) is 0. The van der Waals surface area contributed by atoms with Crippen LogP contribution in [0.1, 0.15) is 46.7 Å². The summed E-state index contributed by atoms with van der Waals surface area (Å²) >= 11 is 5.91. The maximum Gasteiger partial charge on any atom is 0.291 e. The Labute approximate surface area is 149 Å². The number of oxazole rings is 2. The third-order valence-electron chi connectivity index (χ3n) is 4.30. The van der Waals surface area contributed by atoms with Gasteiger partial charge in [0.05, 0.1) is 12.4 Å². The highest BCUT2D eigenvalue weighted by Gasteiger charge is 2.35. The first-order valence-electron chi connectivity index (χ1n) is 8.09. The van der Waals surface area contributed by atoms with Gasteiger partial charge < -0.3 is 13.7 Å². The van der Waals surface area contributed by atoms with Crippen molar-refractivity contribution in [1.29, 1.82) is 0 Å². The normalized spacial score (nSPS) is 17.2. The van der Waals surface area contributed by atoms with Gasteiger partial charge in [0.2, 0.25) is 11.7 Å². The van der Waals surface area contributed by atoms with Crippen molar-refractivity contribution in [2.45, 2.75) is 25.3 Å². The Morgan fingerprint density at radius 3 is 2.88 bits per heavy atom. The third-order valence-corrected chi connectivity index (χ3v) is 4.56. The molecule has 3 heterocycles. The van der Waals surface area contributed by atoms with Crippen LogP contribution >= 0.6 is 11.6 Å². The molecule has 1 aromatic carbocycles. The van der Waals surface area contributed by atoms with E-state index in [2.05, 4.69) is 9.97 Å². The van der Waals surface area contributed by atoms with Gasteiger partial charge in [0.15, 0.2) is 6.39 Å². The summed E-state index contributed by atoms with van der Waals surface area (Å²) in [4.78, 5) is 22.5. The molecule has 0 radical (unpaired) electrons. The molecule has 3 aromatic rings. The van der Waals surface area contributed by atoms with E-state index in [9.17, 15) is 4.79 Å². The molecule has 25 heavy (non-hydrogen) atoms. The monoisotopic (exact) mass is 357 g/mol. The van der Waals surface area contributed by atoms with E-state index in [0.29, 0.717) is 23.9 Å². The lowest BCUT2D eigenvalue weighted by atomic mass is 10.1. The van der Waals surface area contributed by atoms with Gasteiger partial charge in [-0.25, -0.2) is 9.97 Å². The van der Waals surface area contributed by atoms with E-state index >= 15 is 0 Å². The van der Waals surface area contributed by atoms with Crippen LogP contribution in [0, 0.1) is 0 Å². The zero-order valence-electron chi connectivity index (χ0n) is 13.4. The zero-order valence-corrected chi connectivity index (χ0v) is 14.1. The number of carbonyl (C=O) groups is 1. The molecule has 1 fully saturated rings. The van der Waals surface area contributed by atoms with E-state index in [4.69, 9.17) is 20.4 Å². The fraction of sp³-hybridized carbons (Fsp3) is 0.278. The van der Waals surface area contributed by atoms with E-state index in [1.807, 2.05) is 24.3 Å². The van der Waals surface area contributed by atoms with Crippen LogP contribution in [0.15, 0.2) is 51.9 Å². The summed E-state index contributed by atoms with van der Waals surface area (Å²) in [5.74, 6) is 1.38. The van der Waals surface area contributed by atoms with E-state index in [1.165, 1.54) is 12.6 Å². The number of halogens is 1. The zero-order chi connectivity index (χ0) is 17.2. The smallest absolute Gasteiger partial charge is 0.291 e. The summed E-state index contributed by atoms with van der Waals surface area (Å²) in [6.45, 7) is 0.652. The highest BCUT2D eigenvalue weighted by atomic mass is 35.5. The highest BCUT2D eigenvalue weighted by Crippen LogP contribution is 2.33. The topological polar surface area (TPSA) is 72.4 Å². The first-order valence-corrected chi connectivity index (χ1v) is 8.47. The van der Waals surface area contributed by atoms with Gasteiger partial charge >= 0.3 is 0 Å². The SMILES string of the molecule is O=C(c1cnco1)N1CCC[C@@H]1c1ncc(Cc2ccc(Cl)cc2)o1. The molecule has 0 bridgehead atoms. The molecular weight excluding hydrogens is 342 g/mol. The number of likely N-dealkylation sites (tertiary alicyclic amines) is 1. The highest BCUT2D eigenvalue weighted by molar-refractivity contribution is 6.30. The Hall–Kier alpha value is -2.60. The minimum absolute atomic E-state index is 0.170. The van der Waals surface area contributed by atoms with Crippen molar-refractivity contribution in [3.05, 3.63) is 71.1 Å². The lowest BCUT2D eigenvalue weighted by Crippen LogP contribution is -2.30. The molecule has 0 N–H and O–H groups in total. The Morgan fingerprint density at radius 1 is 1.28 bits per heavy atom. The lowest BCUT2D eigenvalue weighted by Gasteiger charge is -2.20. The molecule has 6 nitrogen and oxygen atoms in total. The summed E-state index contributed by atoms with van der Waals surface area (Å²) in [5.41, 5.74) is 1.09. The van der Waals surface area contributed by atoms with Crippen LogP contribution in [-0.4, -0.2) is 27.3 Å². The molecule has 7 heteroatoms. The average Bonchev–Trinajstić information content (AvgIpc) is 3.37. The summed E-state index contributed by atoms with van der Waals surface area (Å²) in [6.07, 6.45) is 6.76. The maximum atomic E-state index is 12.5. The van der Waals surface area contributed by atoms with Gasteiger partial charge in [-0.05, 0) is 30.5 Å². The molecular formula is C18H16ClN3O3. The number of amides is 1. The standard InChI is InChI=1S/C18H16ClN3O3/c19-13-5-3-12(4-6-13)8-14-9-21-17(25-14)15-2-1-7-22(15)18(23)16-10-20-11-24-16/h3-6,9-11,15H,1-2,7-8H2/t15-/m1/s1. The molecule has 0 saturated carbocycles. The van der Waals surface area contributed by atoms with Crippen LogP contribution < -0.4 is 0 Å². The van der Waals surface area contributed by atoms with Gasteiger partial charge in [0.25, 0.3) is 5.91 Å². The summed E-state index contributed by atoms with van der Waals surface area (Å²) in [6, 6.07) is 7.45. The van der Waals surface area contributed by atoms with Crippen molar-refractivity contribution in [3.8, 4) is 0 Å². The van der Waals surface area contributed by atoms with Crippen molar-refractivity contribution in [2.75, 3.05) is 6.54 Å². The Balaban J connectivity index is 1.50. The molecule has 1 aliphatic rings. The summed E-state index contributed by atoms with van der Waals surface area (Å²) < 4.78 is 11.0. The number of benzene rings is 1. The molecule has 0 spiro atoms. The van der Waals surface area contributed by atoms with Crippen LogP contribution in [0.2, 0.25) is 5.02 Å². The lowest BCUT2D eigenvalue weighted by molar-refractivity contribution is 0.0682. The molecule has 4 rings (SSSR count). The van der Waals surface area contributed by atoms with Gasteiger partial charge in [-0.2, -0.15) is 0 Å². The molecule has 1 atom stereocenters. The third kappa shape index (κ3) is 3.30. The molecule has 0 unspecified atom stereocenters. The summed E-state index contributed by atoms with van der Waals surface area (Å²) in [7, 11) is 0. The number of nitrogens with zero attached hydrogens (tertiary/aromatic N) is 3. The van der Waals surface area contributed by atoms with Gasteiger partial charge in [-0.15, -0.1) is 0 Å². The molecule has 1 saturated heterocycles. The second-order valence-electron chi connectivity index (χ2n) is 5.99. The second kappa shape index (κ2) is 6.72. The fourth-order valence-corrected chi connectivity index (χ4v) is 3.22. The average molecular weight is 358 g/mol. The quantitative estimate of drug-likeness (QED) is 0.708. The fourth-order valence-electron chi connectivity index (χ4n) is 3.09. The van der Waals surface area contributed by atoms with Gasteiger partial charge in [0, 0.05) is 18.0 Å². The molecule has 1 amide bonds. The molecule has 128 valence electrons. The Kier molecular flexibility index (Phi) is 4.28. The number of rotatable bonds is 4. The van der Waals surface area contributed by atoms with Crippen molar-refractivity contribution < 1.29 is 13.6 Å². The number of aromatic nitrogens is 2.